The highest BCUT2D eigenvalue weighted by Crippen LogP contribution is 2.16. The van der Waals surface area contributed by atoms with Gasteiger partial charge in [0.1, 0.15) is 11.4 Å². The molecule has 1 saturated heterocycles. The van der Waals surface area contributed by atoms with Gasteiger partial charge in [0.05, 0.1) is 13.2 Å². The summed E-state index contributed by atoms with van der Waals surface area (Å²) in [5.41, 5.74) is -0.691. The lowest BCUT2D eigenvalue weighted by Gasteiger charge is -2.20. The molecule has 1 aromatic rings. The number of hydrogen-bond donors (Lipinski definition) is 2. The van der Waals surface area contributed by atoms with Crippen LogP contribution in [0, 0.1) is 0 Å². The van der Waals surface area contributed by atoms with Crippen LogP contribution < -0.4 is 5.32 Å². The maximum Gasteiger partial charge on any atom is 0.122 e. The number of nitrogens with one attached hydrogen (secondary N) is 1. The molecule has 2 rings (SSSR count). The van der Waals surface area contributed by atoms with Crippen molar-refractivity contribution in [2.24, 2.45) is 0 Å². The maximum atomic E-state index is 10.0. The summed E-state index contributed by atoms with van der Waals surface area (Å²) < 4.78 is 7.27. The van der Waals surface area contributed by atoms with E-state index in [-0.39, 0.29) is 0 Å². The zero-order valence-corrected chi connectivity index (χ0v) is 9.65. The number of rotatable bonds is 5. The van der Waals surface area contributed by atoms with Crippen molar-refractivity contribution in [1.29, 1.82) is 0 Å². The SMILES string of the molecule is CCn1ccnc1CNCC1(O)CCOC1. The van der Waals surface area contributed by atoms with E-state index in [2.05, 4.69) is 21.8 Å². The van der Waals surface area contributed by atoms with Crippen molar-refractivity contribution in [3.63, 3.8) is 0 Å². The third-order valence-electron chi connectivity index (χ3n) is 2.96. The van der Waals surface area contributed by atoms with Crippen LogP contribution in [0.3, 0.4) is 0 Å². The standard InChI is InChI=1S/C11H19N3O2/c1-2-14-5-4-13-10(14)7-12-8-11(15)3-6-16-9-11/h4-5,12,15H,2-3,6-9H2,1H3. The Morgan fingerprint density at radius 3 is 3.25 bits per heavy atom. The van der Waals surface area contributed by atoms with Crippen LogP contribution in [0.25, 0.3) is 0 Å². The summed E-state index contributed by atoms with van der Waals surface area (Å²) in [6.45, 7) is 5.34. The van der Waals surface area contributed by atoms with E-state index < -0.39 is 5.60 Å². The van der Waals surface area contributed by atoms with Crippen molar-refractivity contribution < 1.29 is 9.84 Å². The van der Waals surface area contributed by atoms with Crippen molar-refractivity contribution in [3.05, 3.63) is 18.2 Å². The molecule has 0 amide bonds. The van der Waals surface area contributed by atoms with Crippen LogP contribution in [0.15, 0.2) is 12.4 Å². The maximum absolute atomic E-state index is 10.0. The third-order valence-corrected chi connectivity index (χ3v) is 2.96. The minimum absolute atomic E-state index is 0.433. The first-order valence-corrected chi connectivity index (χ1v) is 5.74. The van der Waals surface area contributed by atoms with Crippen molar-refractivity contribution in [2.45, 2.75) is 32.0 Å². The number of aliphatic hydroxyl groups is 1. The molecule has 5 heteroatoms. The van der Waals surface area contributed by atoms with Crippen LogP contribution in [0.1, 0.15) is 19.2 Å². The Labute approximate surface area is 95.4 Å². The normalized spacial score (nSPS) is 25.1. The van der Waals surface area contributed by atoms with E-state index in [1.54, 1.807) is 6.20 Å². The van der Waals surface area contributed by atoms with Crippen LogP contribution in [0.4, 0.5) is 0 Å². The molecule has 1 fully saturated rings. The summed E-state index contributed by atoms with van der Waals surface area (Å²) in [6, 6.07) is 0. The average molecular weight is 225 g/mol. The molecular weight excluding hydrogens is 206 g/mol. The molecular formula is C11H19N3O2. The molecule has 16 heavy (non-hydrogen) atoms. The number of aryl methyl sites for hydroxylation is 1. The van der Waals surface area contributed by atoms with Crippen molar-refractivity contribution in [2.75, 3.05) is 19.8 Å². The van der Waals surface area contributed by atoms with Crippen molar-refractivity contribution in [3.8, 4) is 0 Å². The first-order valence-electron chi connectivity index (χ1n) is 5.74. The van der Waals surface area contributed by atoms with Gasteiger partial charge in [-0.25, -0.2) is 4.98 Å². The Morgan fingerprint density at radius 1 is 1.69 bits per heavy atom. The van der Waals surface area contributed by atoms with Crippen molar-refractivity contribution in [1.82, 2.24) is 14.9 Å². The third kappa shape index (κ3) is 2.61. The molecule has 1 atom stereocenters. The molecule has 0 spiro atoms. The van der Waals surface area contributed by atoms with Gasteiger partial charge in [0.15, 0.2) is 0 Å². The zero-order chi connectivity index (χ0) is 11.4. The van der Waals surface area contributed by atoms with Crippen LogP contribution in [-0.2, 0) is 17.8 Å². The van der Waals surface area contributed by atoms with Crippen LogP contribution in [0.2, 0.25) is 0 Å². The number of ether oxygens (including phenoxy) is 1. The summed E-state index contributed by atoms with van der Waals surface area (Å²) in [7, 11) is 0. The quantitative estimate of drug-likeness (QED) is 0.748. The van der Waals surface area contributed by atoms with E-state index in [0.717, 1.165) is 12.4 Å². The molecule has 0 bridgehead atoms. The average Bonchev–Trinajstić information content (AvgIpc) is 2.88. The Hall–Kier alpha value is -0.910. The fourth-order valence-corrected chi connectivity index (χ4v) is 1.94. The van der Waals surface area contributed by atoms with E-state index in [4.69, 9.17) is 4.74 Å². The fourth-order valence-electron chi connectivity index (χ4n) is 1.94. The largest absolute Gasteiger partial charge is 0.386 e. The molecule has 1 unspecified atom stereocenters. The molecule has 1 aromatic heterocycles. The van der Waals surface area contributed by atoms with E-state index in [9.17, 15) is 5.11 Å². The molecule has 0 saturated carbocycles. The van der Waals surface area contributed by atoms with E-state index in [1.165, 1.54) is 0 Å². The lowest BCUT2D eigenvalue weighted by molar-refractivity contribution is 0.0267. The van der Waals surface area contributed by atoms with Crippen LogP contribution in [-0.4, -0.2) is 40.0 Å². The number of imidazole rings is 1. The monoisotopic (exact) mass is 225 g/mol. The molecule has 1 aliphatic heterocycles. The lowest BCUT2D eigenvalue weighted by Crippen LogP contribution is -2.41. The Balaban J connectivity index is 1.79. The number of hydrogen-bond acceptors (Lipinski definition) is 4. The highest BCUT2D eigenvalue weighted by Gasteiger charge is 2.31. The second kappa shape index (κ2) is 4.95. The lowest BCUT2D eigenvalue weighted by atomic mass is 10.0. The Bertz CT molecular complexity index is 332. The number of aromatic nitrogens is 2. The number of nitrogens with zero attached hydrogens (tertiary/aromatic N) is 2. The molecule has 90 valence electrons. The smallest absolute Gasteiger partial charge is 0.122 e. The van der Waals surface area contributed by atoms with Crippen LogP contribution in [0.5, 0.6) is 0 Å². The summed E-state index contributed by atoms with van der Waals surface area (Å²) >= 11 is 0. The Morgan fingerprint density at radius 2 is 2.56 bits per heavy atom. The highest BCUT2D eigenvalue weighted by molar-refractivity contribution is 4.93. The molecule has 2 N–H and O–H groups in total. The van der Waals surface area contributed by atoms with Gasteiger partial charge in [0.25, 0.3) is 0 Å². The van der Waals surface area contributed by atoms with E-state index in [1.807, 2.05) is 6.20 Å². The fraction of sp³-hybridized carbons (Fsp3) is 0.727. The minimum Gasteiger partial charge on any atom is -0.386 e. The van der Waals surface area contributed by atoms with Gasteiger partial charge >= 0.3 is 0 Å². The Kier molecular flexibility index (Phi) is 3.58. The second-order valence-corrected chi connectivity index (χ2v) is 4.26. The highest BCUT2D eigenvalue weighted by atomic mass is 16.5. The second-order valence-electron chi connectivity index (χ2n) is 4.26. The molecule has 0 aromatic carbocycles. The first kappa shape index (κ1) is 11.6. The summed E-state index contributed by atoms with van der Waals surface area (Å²) in [4.78, 5) is 4.26. The van der Waals surface area contributed by atoms with Crippen LogP contribution >= 0.6 is 0 Å². The van der Waals surface area contributed by atoms with Gasteiger partial charge in [-0.15, -0.1) is 0 Å². The van der Waals surface area contributed by atoms with Gasteiger partial charge < -0.3 is 19.7 Å². The molecule has 0 radical (unpaired) electrons. The molecule has 0 aliphatic carbocycles. The molecule has 1 aliphatic rings. The molecule has 2 heterocycles. The summed E-state index contributed by atoms with van der Waals surface area (Å²) in [5, 5.41) is 13.3. The minimum atomic E-state index is -0.691. The first-order chi connectivity index (χ1) is 7.73. The van der Waals surface area contributed by atoms with Gasteiger partial charge in [-0.3, -0.25) is 0 Å². The van der Waals surface area contributed by atoms with E-state index in [0.29, 0.717) is 32.7 Å². The molecule has 5 nitrogen and oxygen atoms in total. The zero-order valence-electron chi connectivity index (χ0n) is 9.65. The van der Waals surface area contributed by atoms with Gasteiger partial charge in [-0.05, 0) is 6.92 Å². The van der Waals surface area contributed by atoms with Crippen molar-refractivity contribution >= 4 is 0 Å². The topological polar surface area (TPSA) is 59.3 Å². The van der Waals surface area contributed by atoms with Gasteiger partial charge in [-0.1, -0.05) is 0 Å². The summed E-state index contributed by atoms with van der Waals surface area (Å²) in [5.74, 6) is 1.00. The predicted octanol–water partition coefficient (Wildman–Crippen LogP) is 0.144. The van der Waals surface area contributed by atoms with E-state index >= 15 is 0 Å². The van der Waals surface area contributed by atoms with Gasteiger partial charge in [-0.2, -0.15) is 0 Å². The van der Waals surface area contributed by atoms with Gasteiger partial charge in [0.2, 0.25) is 0 Å². The summed E-state index contributed by atoms with van der Waals surface area (Å²) in [6.07, 6.45) is 4.47. The van der Waals surface area contributed by atoms with Gasteiger partial charge in [0, 0.05) is 38.5 Å². The predicted molar refractivity (Wildman–Crippen MR) is 60.0 cm³/mol.